The molecule has 572 valence electrons. The van der Waals surface area contributed by atoms with Crippen LogP contribution in [-0.4, -0.2) is 49.0 Å². The minimum atomic E-state index is -1.00. The number of carbonyl (C=O) groups is 3. The maximum atomic E-state index is 11.3. The number of esters is 1. The maximum Gasteiger partial charge on any atom is 1.00 e. The van der Waals surface area contributed by atoms with Gasteiger partial charge >= 0.3 is 115 Å². The van der Waals surface area contributed by atoms with Crippen molar-refractivity contribution in [3.8, 4) is 79.0 Å². The molecule has 0 unspecified atom stereocenters. The smallest absolute Gasteiger partial charge is 1.00 e. The fourth-order valence-electron chi connectivity index (χ4n) is 12.9. The summed E-state index contributed by atoms with van der Waals surface area (Å²) in [7, 11) is -1.00. The van der Waals surface area contributed by atoms with Crippen molar-refractivity contribution in [3.63, 3.8) is 0 Å². The number of carbonyl (C=O) groups excluding carboxylic acids is 2. The first kappa shape index (κ1) is 88.6. The van der Waals surface area contributed by atoms with Gasteiger partial charge in [0.05, 0.1) is 49.3 Å². The van der Waals surface area contributed by atoms with Crippen molar-refractivity contribution < 1.29 is 159 Å². The molecule has 0 aliphatic carbocycles. The Labute approximate surface area is 785 Å². The van der Waals surface area contributed by atoms with E-state index in [9.17, 15) is 14.0 Å². The number of alkyl halides is 3. The van der Waals surface area contributed by atoms with Gasteiger partial charge in [-0.2, -0.15) is 0 Å². The summed E-state index contributed by atoms with van der Waals surface area (Å²) in [5.74, 6) is 4.98. The van der Waals surface area contributed by atoms with Crippen LogP contribution in [-0.2, 0) is 43.3 Å². The number of hydrogen-bond acceptors (Lipinski definition) is 12. The van der Waals surface area contributed by atoms with Crippen LogP contribution in [0.3, 0.4) is 0 Å². The molecule has 13 aromatic rings. The number of halogens is 5. The van der Waals surface area contributed by atoms with Gasteiger partial charge in [0, 0.05) is 49.9 Å². The number of aliphatic carboxylic acids is 1. The summed E-state index contributed by atoms with van der Waals surface area (Å²) in [4.78, 5) is 38.6. The van der Waals surface area contributed by atoms with E-state index in [-0.39, 0.29) is 117 Å². The molecule has 0 radical (unpaired) electrons. The summed E-state index contributed by atoms with van der Waals surface area (Å²) in [5, 5.41) is 16.0. The number of carboxylic acids is 1. The molecule has 0 atom stereocenters. The molecule has 0 aromatic heterocycles. The molecule has 20 heteroatoms. The van der Waals surface area contributed by atoms with Gasteiger partial charge in [0.15, 0.2) is 34.5 Å². The number of aryl methyl sites for hydroxylation is 3. The predicted molar refractivity (Wildman–Crippen MR) is 461 cm³/mol. The van der Waals surface area contributed by atoms with Crippen LogP contribution in [0.4, 0.5) is 55.6 Å². The molecular weight excluding hydrogens is 1670 g/mol. The molecule has 0 bridgehead atoms. The van der Waals surface area contributed by atoms with E-state index < -0.39 is 13.1 Å². The van der Waals surface area contributed by atoms with Gasteiger partial charge in [-0.15, -0.1) is 23.2 Å². The van der Waals surface area contributed by atoms with Crippen molar-refractivity contribution in [3.05, 3.63) is 354 Å². The van der Waals surface area contributed by atoms with E-state index in [2.05, 4.69) is 295 Å². The van der Waals surface area contributed by atoms with Crippen LogP contribution in [0, 0.1) is 0 Å². The molecule has 3 aliphatic rings. The van der Waals surface area contributed by atoms with Crippen LogP contribution in [0.1, 0.15) is 38.8 Å². The SMILES string of the molecule is C=CC(=O)O.C=CC(=O)OCCCc1ccc(N2c3ccc(-c4ccccc4)cc3Oc3cc(-c4ccccc4)ccc32)cc1.ClCCCc1ccc(N2c3ccc(-c4ccccc4)cc3Oc3cc(-c4ccccc4)ccc32)cc1.ClCCCc1ccc(N2c3ccc(Br)cc3Oc3cc(Br)ccc32)cc1.O=CO[O-].[2H]CF.[H-].[K+].[K+]. The zero-order valence-electron chi connectivity index (χ0n) is 65.4. The van der Waals surface area contributed by atoms with Crippen molar-refractivity contribution in [1.82, 2.24) is 0 Å². The summed E-state index contributed by atoms with van der Waals surface area (Å²) >= 11 is 18.8. The van der Waals surface area contributed by atoms with Crippen LogP contribution in [0.25, 0.3) is 44.5 Å². The Morgan fingerprint density at radius 3 is 0.930 bits per heavy atom. The molecule has 3 heterocycles. The zero-order chi connectivity index (χ0) is 80.1. The number of rotatable bonds is 20. The normalized spacial score (nSPS) is 11.2. The summed E-state index contributed by atoms with van der Waals surface area (Å²) in [6.45, 7) is 6.60. The van der Waals surface area contributed by atoms with Gasteiger partial charge in [-0.25, -0.2) is 9.59 Å². The Kier molecular flexibility index (Phi) is 35.6. The van der Waals surface area contributed by atoms with Gasteiger partial charge in [-0.05, 0) is 221 Å². The van der Waals surface area contributed by atoms with Gasteiger partial charge in [0.2, 0.25) is 0 Å². The second-order valence-corrected chi connectivity index (χ2v) is 28.1. The Hall–Kier alpha value is -8.75. The Morgan fingerprint density at radius 2 is 0.687 bits per heavy atom. The molecule has 13 nitrogen and oxygen atoms in total. The van der Waals surface area contributed by atoms with Crippen molar-refractivity contribution >= 4 is 125 Å². The van der Waals surface area contributed by atoms with Crippen LogP contribution >= 0.6 is 55.1 Å². The van der Waals surface area contributed by atoms with Crippen LogP contribution in [0.2, 0.25) is 0 Å². The van der Waals surface area contributed by atoms with Crippen LogP contribution in [0.15, 0.2) is 338 Å². The van der Waals surface area contributed by atoms with Crippen molar-refractivity contribution in [2.24, 2.45) is 0 Å². The fourth-order valence-corrected chi connectivity index (χ4v) is 13.9. The minimum absolute atomic E-state index is 0. The topological polar surface area (TPSA) is 150 Å². The van der Waals surface area contributed by atoms with E-state index in [1.807, 2.05) is 72.8 Å². The number of fused-ring (bicyclic) bond motifs is 6. The average molecular weight is 1750 g/mol. The standard InChI is InChI=1S/C36H29NO3.C33H26ClNO.C21H16Br2ClNO.C3H4O2.CH3F.CH2O3.2K.H/c1-2-36(38)39-23-9-10-26-15-19-31(20-16-26)37-32-21-17-29(27-11-5-3-6-12-27)24-34(32)40-35-25-30(18-22-33(35)37)28-13-7-4-8-14-28;34-21-7-8-24-13-17-29(18-14-24)35-30-19-15-27(25-9-3-1-4-10-25)22-32(30)36-33-23-28(16-20-31(33)35)26-11-5-2-6-12-26;22-15-5-9-18-20(12-15)26-21-13-16(23)6-10-19(21)25(18)17-7-3-14(4-8-17)2-1-11-24;1-2-3(4)5;1-2;2-1-4-3;;;/h2-8,11-22,24-25H,1,9-10,23H2;1-6,9-20,22-23H,7-8,21H2;3-10,12-13H,1-2,11H2;2H,1H2,(H,4,5);1H3;1,3H;;;/q;;;;;;2*+1;-1/p-1/i;;;;1D;;;;. The van der Waals surface area contributed by atoms with Gasteiger partial charge in [0.25, 0.3) is 6.47 Å². The predicted octanol–water partition coefficient (Wildman–Crippen LogP) is 20.4. The summed E-state index contributed by atoms with van der Waals surface area (Å²) in [5.41, 5.74) is 22.2. The third kappa shape index (κ3) is 24.2. The van der Waals surface area contributed by atoms with Gasteiger partial charge < -0.3 is 50.3 Å². The summed E-state index contributed by atoms with van der Waals surface area (Å²) in [6, 6.07) is 106. The first-order valence-corrected chi connectivity index (χ1v) is 38.8. The van der Waals surface area contributed by atoms with E-state index in [4.69, 9.17) is 58.7 Å². The van der Waals surface area contributed by atoms with Crippen LogP contribution < -0.4 is 137 Å². The molecule has 13 aromatic carbocycles. The molecule has 0 saturated carbocycles. The quantitative estimate of drug-likeness (QED) is 0.0113. The van der Waals surface area contributed by atoms with Crippen LogP contribution in [0.5, 0.6) is 34.5 Å². The summed E-state index contributed by atoms with van der Waals surface area (Å²) < 4.78 is 41.9. The minimum Gasteiger partial charge on any atom is -1.00 e. The molecule has 3 aliphatic heterocycles. The number of ether oxygens (including phenoxy) is 4. The van der Waals surface area contributed by atoms with Crippen molar-refractivity contribution in [2.75, 3.05) is 40.2 Å². The average Bonchev–Trinajstić information content (AvgIpc) is 0.763. The third-order valence-corrected chi connectivity index (χ3v) is 19.8. The Bertz CT molecular complexity index is 5160. The zero-order valence-corrected chi connectivity index (χ0v) is 74.4. The second kappa shape index (κ2) is 46.3. The molecule has 1 N–H and O–H groups in total. The maximum absolute atomic E-state index is 11.3. The van der Waals surface area contributed by atoms with Gasteiger partial charge in [0.1, 0.15) is 0 Å². The van der Waals surface area contributed by atoms with E-state index >= 15 is 0 Å². The van der Waals surface area contributed by atoms with E-state index in [0.29, 0.717) is 18.4 Å². The number of anilines is 9. The first-order valence-electron chi connectivity index (χ1n) is 36.9. The van der Waals surface area contributed by atoms with Gasteiger partial charge in [-0.3, -0.25) is 9.18 Å². The van der Waals surface area contributed by atoms with E-state index in [0.717, 1.165) is 173 Å². The van der Waals surface area contributed by atoms with Crippen molar-refractivity contribution in [1.29, 1.82) is 0 Å². The van der Waals surface area contributed by atoms with Gasteiger partial charge in [-0.1, -0.05) is 227 Å². The van der Waals surface area contributed by atoms with E-state index in [1.54, 1.807) is 0 Å². The number of hydrogen-bond donors (Lipinski definition) is 1. The molecule has 0 saturated heterocycles. The second-order valence-electron chi connectivity index (χ2n) is 25.5. The largest absolute Gasteiger partial charge is 1.00 e. The molecule has 115 heavy (non-hydrogen) atoms. The summed E-state index contributed by atoms with van der Waals surface area (Å²) in [6.07, 6.45) is 7.56. The van der Waals surface area contributed by atoms with E-state index in [1.165, 1.54) is 33.9 Å². The molecule has 0 amide bonds. The number of carboxylic acid groups (broad SMARTS) is 1. The molecule has 0 spiro atoms. The number of benzene rings is 13. The number of nitrogens with zero attached hydrogens (tertiary/aromatic N) is 3. The third-order valence-electron chi connectivity index (χ3n) is 18.2. The molecule has 16 rings (SSSR count). The Morgan fingerprint density at radius 1 is 0.435 bits per heavy atom. The van der Waals surface area contributed by atoms with Crippen molar-refractivity contribution in [2.45, 2.75) is 38.5 Å². The fraction of sp³-hybridized carbons (Fsp3) is 0.105. The molecule has 0 fully saturated rings. The Balaban J connectivity index is 0.000000205. The first-order chi connectivity index (χ1) is 55.7. The monoisotopic (exact) mass is 1750 g/mol. The molecular formula is C95H80Br2Cl2FK2N3O10.